The molecule has 0 saturated heterocycles. The number of nitrogens with one attached hydrogen (secondary N) is 1. The van der Waals surface area contributed by atoms with Crippen LogP contribution in [0.2, 0.25) is 0 Å². The minimum Gasteiger partial charge on any atom is -0.497 e. The van der Waals surface area contributed by atoms with Crippen LogP contribution >= 0.6 is 0 Å². The zero-order chi connectivity index (χ0) is 26.1. The Hall–Kier alpha value is -4.64. The van der Waals surface area contributed by atoms with Gasteiger partial charge in [0.1, 0.15) is 5.75 Å². The van der Waals surface area contributed by atoms with E-state index in [1.807, 2.05) is 109 Å². The van der Waals surface area contributed by atoms with E-state index in [1.165, 1.54) is 0 Å². The molecule has 2 aliphatic rings. The van der Waals surface area contributed by atoms with Crippen molar-refractivity contribution in [1.82, 2.24) is 0 Å². The first kappa shape index (κ1) is 23.7. The number of Topliss-reactive ketones (excluding diaryl/α,β-unsaturated/α-hetero) is 1. The lowest BCUT2D eigenvalue weighted by atomic mass is 9.78. The van der Waals surface area contributed by atoms with Crippen LogP contribution in [0.15, 0.2) is 120 Å². The first-order valence-electron chi connectivity index (χ1n) is 12.8. The number of ether oxygens (including phenoxy) is 1. The summed E-state index contributed by atoms with van der Waals surface area (Å²) in [4.78, 5) is 30.0. The molecule has 1 aliphatic carbocycles. The summed E-state index contributed by atoms with van der Waals surface area (Å²) in [5, 5.41) is 3.59. The molecule has 0 aromatic heterocycles. The van der Waals surface area contributed by atoms with Gasteiger partial charge in [-0.3, -0.25) is 14.5 Å². The molecule has 0 fully saturated rings. The summed E-state index contributed by atoms with van der Waals surface area (Å²) in [6.07, 6.45) is 1.04. The molecule has 5 heteroatoms. The maximum absolute atomic E-state index is 14.2. The normalized spacial score (nSPS) is 18.7. The first-order chi connectivity index (χ1) is 18.6. The number of ketones is 1. The molecule has 2 atom stereocenters. The lowest BCUT2D eigenvalue weighted by molar-refractivity contribution is -0.116. The number of rotatable bonds is 4. The first-order valence-corrected chi connectivity index (χ1v) is 12.8. The highest BCUT2D eigenvalue weighted by Gasteiger charge is 2.41. The third-order valence-corrected chi connectivity index (χ3v) is 7.43. The molecule has 1 N–H and O–H groups in total. The Kier molecular flexibility index (Phi) is 6.26. The third-order valence-electron chi connectivity index (χ3n) is 7.43. The maximum atomic E-state index is 14.2. The molecule has 0 radical (unpaired) electrons. The molecule has 1 heterocycles. The highest BCUT2D eigenvalue weighted by molar-refractivity contribution is 6.12. The molecule has 0 spiro atoms. The Bertz CT molecular complexity index is 1510. The molecule has 4 aromatic carbocycles. The predicted molar refractivity (Wildman–Crippen MR) is 150 cm³/mol. The van der Waals surface area contributed by atoms with Gasteiger partial charge in [0, 0.05) is 23.3 Å². The van der Waals surface area contributed by atoms with Gasteiger partial charge in [-0.05, 0) is 59.9 Å². The minimum absolute atomic E-state index is 0.0274. The molecule has 4 aromatic rings. The molecule has 1 aliphatic heterocycles. The quantitative estimate of drug-likeness (QED) is 0.331. The van der Waals surface area contributed by atoms with Gasteiger partial charge in [0.2, 0.25) is 0 Å². The summed E-state index contributed by atoms with van der Waals surface area (Å²) in [5.41, 5.74) is 5.65. The molecule has 0 saturated carbocycles. The average Bonchev–Trinajstić information content (AvgIpc) is 3.12. The van der Waals surface area contributed by atoms with Crippen molar-refractivity contribution >= 4 is 23.1 Å². The Morgan fingerprint density at radius 1 is 0.789 bits per heavy atom. The number of fused-ring (bicyclic) bond motifs is 1. The van der Waals surface area contributed by atoms with Crippen LogP contribution in [0.1, 0.15) is 46.3 Å². The summed E-state index contributed by atoms with van der Waals surface area (Å²) in [6.45, 7) is 0. The van der Waals surface area contributed by atoms with E-state index >= 15 is 0 Å². The second-order valence-electron chi connectivity index (χ2n) is 9.69. The van der Waals surface area contributed by atoms with Crippen molar-refractivity contribution in [2.24, 2.45) is 0 Å². The van der Waals surface area contributed by atoms with Gasteiger partial charge in [0.25, 0.3) is 5.91 Å². The van der Waals surface area contributed by atoms with Gasteiger partial charge in [-0.25, -0.2) is 0 Å². The monoisotopic (exact) mass is 500 g/mol. The number of nitrogens with zero attached hydrogens (tertiary/aromatic N) is 1. The fraction of sp³-hybridized carbons (Fsp3) is 0.152. The van der Waals surface area contributed by atoms with Crippen LogP contribution < -0.4 is 15.0 Å². The van der Waals surface area contributed by atoms with Gasteiger partial charge >= 0.3 is 0 Å². The van der Waals surface area contributed by atoms with E-state index in [0.29, 0.717) is 24.0 Å². The van der Waals surface area contributed by atoms with E-state index in [2.05, 4.69) is 5.32 Å². The van der Waals surface area contributed by atoms with Crippen molar-refractivity contribution in [2.75, 3.05) is 17.3 Å². The minimum atomic E-state index is -0.556. The molecule has 0 bridgehead atoms. The summed E-state index contributed by atoms with van der Waals surface area (Å²) >= 11 is 0. The number of anilines is 2. The highest BCUT2D eigenvalue weighted by atomic mass is 16.5. The van der Waals surface area contributed by atoms with Crippen LogP contribution in [0.25, 0.3) is 0 Å². The fourth-order valence-electron chi connectivity index (χ4n) is 5.60. The molecule has 5 nitrogen and oxygen atoms in total. The number of methoxy groups -OCH3 is 1. The highest BCUT2D eigenvalue weighted by Crippen LogP contribution is 2.47. The van der Waals surface area contributed by atoms with Gasteiger partial charge in [0.05, 0.1) is 24.5 Å². The topological polar surface area (TPSA) is 58.6 Å². The standard InChI is InChI=1S/C33H28N2O3/c1-38-26-18-16-22(17-19-26)25-20-28-31(30(36)21-25)32(23-10-4-2-5-11-23)35(29-15-9-8-14-27(29)34-28)33(37)24-12-6-3-7-13-24/h2-19,25,32,34H,20-21H2,1H3/t25-,32-/m0/s1. The van der Waals surface area contributed by atoms with E-state index in [-0.39, 0.29) is 17.6 Å². The summed E-state index contributed by atoms with van der Waals surface area (Å²) in [6, 6.07) is 34.3. The van der Waals surface area contributed by atoms with E-state index in [0.717, 1.165) is 33.9 Å². The van der Waals surface area contributed by atoms with E-state index in [4.69, 9.17) is 4.74 Å². The SMILES string of the molecule is COc1ccc([C@@H]2CC(=O)C3=C(C2)Nc2ccccc2N(C(=O)c2ccccc2)[C@H]3c2ccccc2)cc1. The lowest BCUT2D eigenvalue weighted by Crippen LogP contribution is -2.38. The van der Waals surface area contributed by atoms with Crippen LogP contribution in [-0.2, 0) is 4.79 Å². The van der Waals surface area contributed by atoms with E-state index in [9.17, 15) is 9.59 Å². The number of amides is 1. The molecule has 38 heavy (non-hydrogen) atoms. The van der Waals surface area contributed by atoms with Gasteiger partial charge in [-0.1, -0.05) is 72.8 Å². The zero-order valence-corrected chi connectivity index (χ0v) is 21.1. The molecule has 1 amide bonds. The second kappa shape index (κ2) is 10.0. The number of para-hydroxylation sites is 2. The van der Waals surface area contributed by atoms with Crippen molar-refractivity contribution in [3.8, 4) is 5.75 Å². The van der Waals surface area contributed by atoms with Gasteiger partial charge < -0.3 is 10.1 Å². The smallest absolute Gasteiger partial charge is 0.259 e. The molecule has 0 unspecified atom stereocenters. The number of benzene rings is 4. The Morgan fingerprint density at radius 2 is 1.45 bits per heavy atom. The van der Waals surface area contributed by atoms with E-state index < -0.39 is 6.04 Å². The Balaban J connectivity index is 1.52. The van der Waals surface area contributed by atoms with Crippen LogP contribution in [-0.4, -0.2) is 18.8 Å². The Labute approximate surface area is 222 Å². The largest absolute Gasteiger partial charge is 0.497 e. The number of hydrogen-bond acceptors (Lipinski definition) is 4. The van der Waals surface area contributed by atoms with Crippen molar-refractivity contribution < 1.29 is 14.3 Å². The van der Waals surface area contributed by atoms with Gasteiger partial charge in [-0.15, -0.1) is 0 Å². The third kappa shape index (κ3) is 4.26. The van der Waals surface area contributed by atoms with Crippen molar-refractivity contribution in [2.45, 2.75) is 24.8 Å². The number of hydrogen-bond donors (Lipinski definition) is 1. The predicted octanol–water partition coefficient (Wildman–Crippen LogP) is 6.91. The maximum Gasteiger partial charge on any atom is 0.259 e. The zero-order valence-electron chi connectivity index (χ0n) is 21.1. The molecule has 6 rings (SSSR count). The summed E-state index contributed by atoms with van der Waals surface area (Å²) in [5.74, 6) is 0.718. The molecular formula is C33H28N2O3. The number of carbonyl (C=O) groups excluding carboxylic acids is 2. The van der Waals surface area contributed by atoms with E-state index in [1.54, 1.807) is 12.0 Å². The van der Waals surface area contributed by atoms with Crippen molar-refractivity contribution in [3.05, 3.63) is 137 Å². The van der Waals surface area contributed by atoms with Gasteiger partial charge in [0.15, 0.2) is 5.78 Å². The van der Waals surface area contributed by atoms with Crippen LogP contribution in [0.3, 0.4) is 0 Å². The second-order valence-corrected chi connectivity index (χ2v) is 9.69. The number of carbonyl (C=O) groups is 2. The lowest BCUT2D eigenvalue weighted by Gasteiger charge is -2.35. The van der Waals surface area contributed by atoms with Crippen molar-refractivity contribution in [1.29, 1.82) is 0 Å². The average molecular weight is 501 g/mol. The molecular weight excluding hydrogens is 472 g/mol. The molecule has 188 valence electrons. The fourth-order valence-corrected chi connectivity index (χ4v) is 5.60. The number of allylic oxidation sites excluding steroid dienone is 1. The summed E-state index contributed by atoms with van der Waals surface area (Å²) in [7, 11) is 1.65. The van der Waals surface area contributed by atoms with Crippen LogP contribution in [0, 0.1) is 0 Å². The van der Waals surface area contributed by atoms with Crippen LogP contribution in [0.4, 0.5) is 11.4 Å². The summed E-state index contributed by atoms with van der Waals surface area (Å²) < 4.78 is 5.33. The van der Waals surface area contributed by atoms with Crippen LogP contribution in [0.5, 0.6) is 5.75 Å². The Morgan fingerprint density at radius 3 is 2.16 bits per heavy atom. The van der Waals surface area contributed by atoms with Gasteiger partial charge in [-0.2, -0.15) is 0 Å². The van der Waals surface area contributed by atoms with Crippen molar-refractivity contribution in [3.63, 3.8) is 0 Å².